The van der Waals surface area contributed by atoms with Crippen molar-refractivity contribution in [2.45, 2.75) is 6.92 Å². The zero-order valence-electron chi connectivity index (χ0n) is 7.73. The van der Waals surface area contributed by atoms with E-state index >= 15 is 0 Å². The van der Waals surface area contributed by atoms with E-state index in [2.05, 4.69) is 5.87 Å². The quantitative estimate of drug-likeness (QED) is 0.405. The molecule has 0 spiro atoms. The minimum absolute atomic E-state index is 0.125. The number of non-ortho nitro benzene ring substituents is 1. The molecule has 1 aromatic rings. The second-order valence-corrected chi connectivity index (χ2v) is 3.02. The van der Waals surface area contributed by atoms with Crippen LogP contribution in [0.2, 0.25) is 0 Å². The summed E-state index contributed by atoms with van der Waals surface area (Å²) in [6, 6.07) is 4.84. The third-order valence-corrected chi connectivity index (χ3v) is 2.20. The molecular weight excluding hydrogens is 180 g/mol. The van der Waals surface area contributed by atoms with Gasteiger partial charge in [0.1, 0.15) is 0 Å². The average Bonchev–Trinajstić information content (AvgIpc) is 2.59. The number of fused-ring (bicyclic) bond motifs is 1. The van der Waals surface area contributed by atoms with Gasteiger partial charge in [0.05, 0.1) is 16.6 Å². The molecule has 0 bridgehead atoms. The number of benzene rings is 1. The molecule has 4 heteroatoms. The van der Waals surface area contributed by atoms with Crippen molar-refractivity contribution in [1.29, 1.82) is 0 Å². The molecule has 0 unspecified atom stereocenters. The van der Waals surface area contributed by atoms with Crippen molar-refractivity contribution in [3.05, 3.63) is 33.9 Å². The zero-order valence-corrected chi connectivity index (χ0v) is 7.73. The highest BCUT2D eigenvalue weighted by Crippen LogP contribution is 2.27. The van der Waals surface area contributed by atoms with Crippen molar-refractivity contribution in [2.24, 2.45) is 0 Å². The number of nitrogens with zero attached hydrogens (tertiary/aromatic N) is 2. The van der Waals surface area contributed by atoms with E-state index in [1.807, 2.05) is 11.5 Å². The van der Waals surface area contributed by atoms with E-state index in [0.717, 1.165) is 17.8 Å². The fourth-order valence-corrected chi connectivity index (χ4v) is 1.50. The molecule has 2 rings (SSSR count). The molecule has 14 heavy (non-hydrogen) atoms. The summed E-state index contributed by atoms with van der Waals surface area (Å²) in [6.07, 6.45) is 1.77. The molecule has 0 N–H and O–H groups in total. The van der Waals surface area contributed by atoms with Crippen molar-refractivity contribution in [3.63, 3.8) is 0 Å². The van der Waals surface area contributed by atoms with Gasteiger partial charge in [-0.25, -0.2) is 0 Å². The first-order chi connectivity index (χ1) is 6.72. The van der Waals surface area contributed by atoms with Gasteiger partial charge >= 0.3 is 0 Å². The van der Waals surface area contributed by atoms with Gasteiger partial charge in [-0.3, -0.25) is 10.1 Å². The van der Waals surface area contributed by atoms with E-state index in [1.165, 1.54) is 6.07 Å². The summed E-state index contributed by atoms with van der Waals surface area (Å²) in [7, 11) is 0. The van der Waals surface area contributed by atoms with E-state index < -0.39 is 0 Å². The Morgan fingerprint density at radius 3 is 3.00 bits per heavy atom. The van der Waals surface area contributed by atoms with Crippen molar-refractivity contribution in [3.8, 4) is 0 Å². The Bertz CT molecular complexity index is 471. The number of nitro groups is 1. The van der Waals surface area contributed by atoms with E-state index in [4.69, 9.17) is 0 Å². The summed E-state index contributed by atoms with van der Waals surface area (Å²) in [5.74, 6) is 3.02. The van der Waals surface area contributed by atoms with Crippen LogP contribution in [0, 0.1) is 10.1 Å². The fourth-order valence-electron chi connectivity index (χ4n) is 1.50. The highest BCUT2D eigenvalue weighted by molar-refractivity contribution is 5.84. The molecule has 0 radical (unpaired) electrons. The first-order valence-corrected chi connectivity index (χ1v) is 4.37. The molecule has 1 aliphatic rings. The lowest BCUT2D eigenvalue weighted by atomic mass is 10.1. The lowest BCUT2D eigenvalue weighted by Gasteiger charge is -1.96. The molecule has 0 atom stereocenters. The summed E-state index contributed by atoms with van der Waals surface area (Å²) >= 11 is 0. The molecular formula is C10H9N2O2+. The van der Waals surface area contributed by atoms with Crippen LogP contribution in [0.25, 0.3) is 6.08 Å². The van der Waals surface area contributed by atoms with Crippen LogP contribution in [0.1, 0.15) is 12.5 Å². The van der Waals surface area contributed by atoms with Gasteiger partial charge in [-0.2, -0.15) is 0 Å². The topological polar surface area (TPSA) is 46.1 Å². The van der Waals surface area contributed by atoms with Crippen LogP contribution >= 0.6 is 0 Å². The fraction of sp³-hybridized carbons (Fsp3) is 0.200. The van der Waals surface area contributed by atoms with Gasteiger partial charge in [-0.15, -0.1) is 4.58 Å². The summed E-state index contributed by atoms with van der Waals surface area (Å²) in [4.78, 5) is 10.1. The van der Waals surface area contributed by atoms with Gasteiger partial charge in [0.2, 0.25) is 5.69 Å². The van der Waals surface area contributed by atoms with Crippen LogP contribution in [0.15, 0.2) is 18.2 Å². The minimum Gasteiger partial charge on any atom is -0.258 e. The van der Waals surface area contributed by atoms with Crippen LogP contribution in [-0.2, 0) is 0 Å². The average molecular weight is 189 g/mol. The Kier molecular flexibility index (Phi) is 1.91. The molecule has 0 saturated carbocycles. The largest absolute Gasteiger partial charge is 0.270 e. The molecule has 0 aromatic heterocycles. The zero-order chi connectivity index (χ0) is 10.1. The van der Waals surface area contributed by atoms with Crippen molar-refractivity contribution < 1.29 is 9.50 Å². The van der Waals surface area contributed by atoms with Gasteiger partial charge in [0.25, 0.3) is 5.69 Å². The molecule has 0 saturated heterocycles. The van der Waals surface area contributed by atoms with Gasteiger partial charge in [0, 0.05) is 18.2 Å². The predicted octanol–water partition coefficient (Wildman–Crippen LogP) is 1.96. The summed E-state index contributed by atoms with van der Waals surface area (Å²) in [5.41, 5.74) is 1.97. The van der Waals surface area contributed by atoms with E-state index in [0.29, 0.717) is 0 Å². The van der Waals surface area contributed by atoms with Crippen molar-refractivity contribution >= 4 is 23.3 Å². The van der Waals surface area contributed by atoms with Crippen molar-refractivity contribution in [1.82, 2.24) is 0 Å². The van der Waals surface area contributed by atoms with Gasteiger partial charge in [0.15, 0.2) is 12.4 Å². The summed E-state index contributed by atoms with van der Waals surface area (Å²) in [5, 5.41) is 10.5. The predicted molar refractivity (Wildman–Crippen MR) is 53.0 cm³/mol. The van der Waals surface area contributed by atoms with E-state index in [1.54, 1.807) is 18.2 Å². The second-order valence-electron chi connectivity index (χ2n) is 3.02. The maximum Gasteiger partial charge on any atom is 0.270 e. The minimum atomic E-state index is -0.386. The van der Waals surface area contributed by atoms with Crippen molar-refractivity contribution in [2.75, 3.05) is 6.54 Å². The van der Waals surface area contributed by atoms with E-state index in [-0.39, 0.29) is 10.6 Å². The molecule has 0 amide bonds. The van der Waals surface area contributed by atoms with E-state index in [9.17, 15) is 10.1 Å². The Hall–Kier alpha value is -1.93. The molecule has 1 heterocycles. The van der Waals surface area contributed by atoms with Gasteiger partial charge < -0.3 is 0 Å². The van der Waals surface area contributed by atoms with Crippen LogP contribution in [-0.4, -0.2) is 21.9 Å². The second kappa shape index (κ2) is 3.09. The maximum atomic E-state index is 10.5. The molecule has 0 fully saturated rings. The Labute approximate surface area is 81.0 Å². The van der Waals surface area contributed by atoms with Gasteiger partial charge in [-0.1, -0.05) is 0 Å². The molecule has 0 aliphatic carbocycles. The monoisotopic (exact) mass is 189 g/mol. The number of nitro benzene ring substituents is 1. The number of hydrogen-bond donors (Lipinski definition) is 0. The molecule has 4 nitrogen and oxygen atoms in total. The highest BCUT2D eigenvalue weighted by Gasteiger charge is 2.20. The number of hydrogen-bond acceptors (Lipinski definition) is 2. The third-order valence-electron chi connectivity index (χ3n) is 2.20. The van der Waals surface area contributed by atoms with Crippen LogP contribution in [0.3, 0.4) is 0 Å². The lowest BCUT2D eigenvalue weighted by Crippen LogP contribution is -2.00. The Morgan fingerprint density at radius 2 is 2.36 bits per heavy atom. The normalized spacial score (nSPS) is 12.5. The van der Waals surface area contributed by atoms with Crippen LogP contribution < -0.4 is 0 Å². The smallest absolute Gasteiger partial charge is 0.258 e. The number of rotatable bonds is 2. The highest BCUT2D eigenvalue weighted by atomic mass is 16.6. The Balaban J connectivity index is 2.48. The molecule has 70 valence electrons. The first kappa shape index (κ1) is 8.66. The van der Waals surface area contributed by atoms with Crippen LogP contribution in [0.5, 0.6) is 0 Å². The summed E-state index contributed by atoms with van der Waals surface area (Å²) in [6.45, 7) is 2.83. The standard InChI is InChI=1S/C10H9N2O2/c1-2-11-6-5-8-7-9(12(13)14)3-4-10(8)11/h3-5,7H,2H2,1H3/q+1. The maximum absolute atomic E-state index is 10.5. The first-order valence-electron chi connectivity index (χ1n) is 4.37. The molecule has 1 aromatic carbocycles. The van der Waals surface area contributed by atoms with Gasteiger partial charge in [-0.05, 0) is 6.92 Å². The Morgan fingerprint density at radius 1 is 1.57 bits per heavy atom. The lowest BCUT2D eigenvalue weighted by molar-refractivity contribution is -0.426. The summed E-state index contributed by atoms with van der Waals surface area (Å²) < 4.78 is 1.93. The third kappa shape index (κ3) is 1.22. The molecule has 1 aliphatic heterocycles. The van der Waals surface area contributed by atoms with Crippen LogP contribution in [0.4, 0.5) is 11.4 Å². The SMILES string of the molecule is CC[N+]1=C=Cc2cc([N+](=O)[O-])ccc21.